The molecule has 0 bridgehead atoms. The first-order valence-corrected chi connectivity index (χ1v) is 11.1. The van der Waals surface area contributed by atoms with E-state index in [1.54, 1.807) is 6.26 Å². The van der Waals surface area contributed by atoms with Gasteiger partial charge in [-0.2, -0.15) is 0 Å². The molecule has 29 heavy (non-hydrogen) atoms. The first-order valence-electron chi connectivity index (χ1n) is 11.1. The molecule has 1 aromatic rings. The molecule has 1 aromatic heterocycles. The van der Waals surface area contributed by atoms with Gasteiger partial charge in [-0.1, -0.05) is 19.3 Å². The Bertz CT molecular complexity index is 542. The lowest BCUT2D eigenvalue weighted by atomic mass is 9.89. The standard InChI is InChI=1S/C22H37N3O3.HI/c1-2-6-19(7-3-1)16-25-22(24-12-9-21-8-4-14-28-21)23-11-5-13-26-17-20-10-15-27-18-20;/h4,8,14,19-20H,1-3,5-7,9-13,15-18H2,(H2,23,24,25);1H. The molecule has 0 spiro atoms. The summed E-state index contributed by atoms with van der Waals surface area (Å²) in [4.78, 5) is 4.85. The van der Waals surface area contributed by atoms with E-state index in [2.05, 4.69) is 10.6 Å². The third-order valence-electron chi connectivity index (χ3n) is 5.61. The fourth-order valence-corrected chi connectivity index (χ4v) is 3.87. The Morgan fingerprint density at radius 1 is 1.10 bits per heavy atom. The number of guanidine groups is 1. The van der Waals surface area contributed by atoms with Gasteiger partial charge in [-0.3, -0.25) is 4.99 Å². The average molecular weight is 519 g/mol. The fraction of sp³-hybridized carbons (Fsp3) is 0.773. The molecular weight excluding hydrogens is 481 g/mol. The lowest BCUT2D eigenvalue weighted by molar-refractivity contribution is 0.0888. The SMILES string of the molecule is I.c1coc(CCNC(=NCC2CCCCC2)NCCCOCC2CCOC2)c1. The molecule has 0 amide bonds. The quantitative estimate of drug-likeness (QED) is 0.200. The molecule has 1 saturated heterocycles. The molecule has 3 rings (SSSR count). The van der Waals surface area contributed by atoms with Gasteiger partial charge in [-0.25, -0.2) is 0 Å². The van der Waals surface area contributed by atoms with Crippen LogP contribution in [0.5, 0.6) is 0 Å². The van der Waals surface area contributed by atoms with Gasteiger partial charge in [-0.15, -0.1) is 24.0 Å². The Morgan fingerprint density at radius 3 is 2.72 bits per heavy atom. The number of aliphatic imine (C=N–C) groups is 1. The van der Waals surface area contributed by atoms with E-state index >= 15 is 0 Å². The highest BCUT2D eigenvalue weighted by Crippen LogP contribution is 2.23. The molecule has 0 radical (unpaired) electrons. The van der Waals surface area contributed by atoms with Crippen LogP contribution in [-0.2, 0) is 15.9 Å². The first-order chi connectivity index (χ1) is 13.9. The zero-order valence-corrected chi connectivity index (χ0v) is 19.9. The van der Waals surface area contributed by atoms with E-state index in [9.17, 15) is 0 Å². The summed E-state index contributed by atoms with van der Waals surface area (Å²) in [6.07, 6.45) is 11.5. The van der Waals surface area contributed by atoms with Gasteiger partial charge in [0.15, 0.2) is 5.96 Å². The molecule has 2 N–H and O–H groups in total. The molecule has 1 aliphatic heterocycles. The van der Waals surface area contributed by atoms with Crippen molar-refractivity contribution in [2.45, 2.75) is 51.4 Å². The van der Waals surface area contributed by atoms with Crippen LogP contribution < -0.4 is 10.6 Å². The van der Waals surface area contributed by atoms with Gasteiger partial charge in [0.25, 0.3) is 0 Å². The van der Waals surface area contributed by atoms with Gasteiger partial charge in [0, 0.05) is 45.2 Å². The minimum atomic E-state index is 0. The van der Waals surface area contributed by atoms with Crippen molar-refractivity contribution in [2.24, 2.45) is 16.8 Å². The van der Waals surface area contributed by atoms with E-state index in [-0.39, 0.29) is 24.0 Å². The average Bonchev–Trinajstić information content (AvgIpc) is 3.43. The fourth-order valence-electron chi connectivity index (χ4n) is 3.87. The van der Waals surface area contributed by atoms with Crippen LogP contribution in [0.2, 0.25) is 0 Å². The topological polar surface area (TPSA) is 68.0 Å². The van der Waals surface area contributed by atoms with E-state index in [4.69, 9.17) is 18.9 Å². The van der Waals surface area contributed by atoms with Crippen LogP contribution in [0, 0.1) is 11.8 Å². The van der Waals surface area contributed by atoms with Gasteiger partial charge in [-0.05, 0) is 43.7 Å². The van der Waals surface area contributed by atoms with Crippen molar-refractivity contribution in [1.29, 1.82) is 0 Å². The minimum Gasteiger partial charge on any atom is -0.469 e. The van der Waals surface area contributed by atoms with Crippen molar-refractivity contribution >= 4 is 29.9 Å². The van der Waals surface area contributed by atoms with Gasteiger partial charge in [0.1, 0.15) is 5.76 Å². The molecule has 1 atom stereocenters. The number of nitrogens with one attached hydrogen (secondary N) is 2. The van der Waals surface area contributed by atoms with E-state index in [1.807, 2.05) is 12.1 Å². The third-order valence-corrected chi connectivity index (χ3v) is 5.61. The summed E-state index contributed by atoms with van der Waals surface area (Å²) < 4.78 is 16.6. The molecule has 7 heteroatoms. The predicted molar refractivity (Wildman–Crippen MR) is 127 cm³/mol. The van der Waals surface area contributed by atoms with Crippen LogP contribution in [-0.4, -0.2) is 52.0 Å². The number of rotatable bonds is 11. The van der Waals surface area contributed by atoms with Crippen molar-refractivity contribution < 1.29 is 13.9 Å². The second kappa shape index (κ2) is 15.1. The summed E-state index contributed by atoms with van der Waals surface area (Å²) in [5, 5.41) is 6.93. The van der Waals surface area contributed by atoms with E-state index in [0.29, 0.717) is 5.92 Å². The minimum absolute atomic E-state index is 0. The summed E-state index contributed by atoms with van der Waals surface area (Å²) in [5.41, 5.74) is 0. The maximum Gasteiger partial charge on any atom is 0.191 e. The molecular formula is C22H38IN3O3. The number of halogens is 1. The number of ether oxygens (including phenoxy) is 2. The van der Waals surface area contributed by atoms with Gasteiger partial charge in [0.05, 0.1) is 19.5 Å². The maximum absolute atomic E-state index is 5.79. The number of hydrogen-bond acceptors (Lipinski definition) is 4. The largest absolute Gasteiger partial charge is 0.469 e. The molecule has 1 unspecified atom stereocenters. The summed E-state index contributed by atoms with van der Waals surface area (Å²) in [6.45, 7) is 5.97. The molecule has 2 fully saturated rings. The molecule has 2 heterocycles. The number of furan rings is 1. The molecule has 1 aliphatic carbocycles. The Morgan fingerprint density at radius 2 is 1.97 bits per heavy atom. The third kappa shape index (κ3) is 10.2. The zero-order valence-electron chi connectivity index (χ0n) is 17.6. The smallest absolute Gasteiger partial charge is 0.191 e. The summed E-state index contributed by atoms with van der Waals surface area (Å²) in [7, 11) is 0. The zero-order chi connectivity index (χ0) is 19.3. The van der Waals surface area contributed by atoms with E-state index < -0.39 is 0 Å². The van der Waals surface area contributed by atoms with Crippen LogP contribution in [0.15, 0.2) is 27.8 Å². The van der Waals surface area contributed by atoms with Gasteiger partial charge >= 0.3 is 0 Å². The lowest BCUT2D eigenvalue weighted by Gasteiger charge is -2.20. The second-order valence-corrected chi connectivity index (χ2v) is 8.03. The monoisotopic (exact) mass is 519 g/mol. The number of hydrogen-bond donors (Lipinski definition) is 2. The molecule has 166 valence electrons. The summed E-state index contributed by atoms with van der Waals surface area (Å²) >= 11 is 0. The molecule has 0 aromatic carbocycles. The van der Waals surface area contributed by atoms with Gasteiger partial charge in [0.2, 0.25) is 0 Å². The Labute approximate surface area is 192 Å². The second-order valence-electron chi connectivity index (χ2n) is 8.03. The van der Waals surface area contributed by atoms with E-state index in [0.717, 1.165) is 83.0 Å². The molecule has 1 saturated carbocycles. The Hall–Kier alpha value is -0.800. The highest BCUT2D eigenvalue weighted by molar-refractivity contribution is 14.0. The Balaban J connectivity index is 0.00000300. The van der Waals surface area contributed by atoms with Crippen LogP contribution in [0.3, 0.4) is 0 Å². The summed E-state index contributed by atoms with van der Waals surface area (Å²) in [5.74, 6) is 3.25. The predicted octanol–water partition coefficient (Wildman–Crippen LogP) is 4.00. The Kier molecular flexibility index (Phi) is 12.7. The highest BCUT2D eigenvalue weighted by Gasteiger charge is 2.15. The highest BCUT2D eigenvalue weighted by atomic mass is 127. The van der Waals surface area contributed by atoms with Crippen molar-refractivity contribution in [3.8, 4) is 0 Å². The van der Waals surface area contributed by atoms with Crippen LogP contribution in [0.25, 0.3) is 0 Å². The van der Waals surface area contributed by atoms with Crippen LogP contribution in [0.4, 0.5) is 0 Å². The van der Waals surface area contributed by atoms with Crippen molar-refractivity contribution in [2.75, 3.05) is 46.1 Å². The first kappa shape index (κ1) is 24.5. The van der Waals surface area contributed by atoms with Crippen molar-refractivity contribution in [1.82, 2.24) is 10.6 Å². The molecule has 6 nitrogen and oxygen atoms in total. The van der Waals surface area contributed by atoms with Crippen molar-refractivity contribution in [3.63, 3.8) is 0 Å². The summed E-state index contributed by atoms with van der Waals surface area (Å²) in [6, 6.07) is 3.95. The lowest BCUT2D eigenvalue weighted by Crippen LogP contribution is -2.39. The maximum atomic E-state index is 5.79. The van der Waals surface area contributed by atoms with Crippen molar-refractivity contribution in [3.05, 3.63) is 24.2 Å². The van der Waals surface area contributed by atoms with Crippen LogP contribution >= 0.6 is 24.0 Å². The van der Waals surface area contributed by atoms with Gasteiger partial charge < -0.3 is 24.5 Å². The van der Waals surface area contributed by atoms with E-state index in [1.165, 1.54) is 32.1 Å². The normalized spacial score (nSPS) is 20.4. The number of nitrogens with zero attached hydrogens (tertiary/aromatic N) is 1. The van der Waals surface area contributed by atoms with Crippen LogP contribution in [0.1, 0.15) is 50.7 Å². The molecule has 2 aliphatic rings.